The molecule has 130 valence electrons. The molecule has 1 aromatic rings. The van der Waals surface area contributed by atoms with Gasteiger partial charge < -0.3 is 9.64 Å². The molecular formula is C19H27N3O2. The van der Waals surface area contributed by atoms with Crippen LogP contribution >= 0.6 is 0 Å². The van der Waals surface area contributed by atoms with Crippen LogP contribution < -0.4 is 0 Å². The van der Waals surface area contributed by atoms with Crippen LogP contribution in [0.4, 0.5) is 0 Å². The Balaban J connectivity index is 1.45. The molecule has 3 aliphatic rings. The first-order valence-corrected chi connectivity index (χ1v) is 9.20. The van der Waals surface area contributed by atoms with Gasteiger partial charge >= 0.3 is 0 Å². The Labute approximate surface area is 144 Å². The van der Waals surface area contributed by atoms with Crippen LogP contribution in [0, 0.1) is 12.3 Å². The van der Waals surface area contributed by atoms with Crippen LogP contribution in [0.25, 0.3) is 0 Å². The fourth-order valence-corrected chi connectivity index (χ4v) is 4.59. The average molecular weight is 329 g/mol. The predicted octanol–water partition coefficient (Wildman–Crippen LogP) is 1.99. The number of hydrogen-bond acceptors (Lipinski definition) is 4. The Bertz CT molecular complexity index is 614. The highest BCUT2D eigenvalue weighted by atomic mass is 16.5. The molecule has 3 saturated heterocycles. The van der Waals surface area contributed by atoms with Gasteiger partial charge in [0.25, 0.3) is 0 Å². The molecule has 0 aromatic carbocycles. The number of carbonyl (C=O) groups excluding carboxylic acids is 1. The van der Waals surface area contributed by atoms with Gasteiger partial charge in [0.05, 0.1) is 24.3 Å². The quantitative estimate of drug-likeness (QED) is 0.851. The lowest BCUT2D eigenvalue weighted by atomic mass is 9.78. The van der Waals surface area contributed by atoms with Crippen molar-refractivity contribution in [1.29, 1.82) is 0 Å². The summed E-state index contributed by atoms with van der Waals surface area (Å²) in [5.41, 5.74) is 1.85. The van der Waals surface area contributed by atoms with Crippen molar-refractivity contribution in [2.24, 2.45) is 5.41 Å². The van der Waals surface area contributed by atoms with Crippen LogP contribution in [0.5, 0.6) is 0 Å². The summed E-state index contributed by atoms with van der Waals surface area (Å²) in [6, 6.07) is 6.56. The number of amides is 1. The lowest BCUT2D eigenvalue weighted by Gasteiger charge is -2.41. The highest BCUT2D eigenvalue weighted by Crippen LogP contribution is 2.41. The van der Waals surface area contributed by atoms with Crippen molar-refractivity contribution in [1.82, 2.24) is 14.8 Å². The number of rotatable bonds is 3. The number of carbonyl (C=O) groups is 1. The predicted molar refractivity (Wildman–Crippen MR) is 91.5 cm³/mol. The van der Waals surface area contributed by atoms with Gasteiger partial charge in [0.15, 0.2) is 0 Å². The molecule has 4 rings (SSSR count). The summed E-state index contributed by atoms with van der Waals surface area (Å²) >= 11 is 0. The Kier molecular flexibility index (Phi) is 4.31. The lowest BCUT2D eigenvalue weighted by Crippen LogP contribution is -2.51. The second-order valence-corrected chi connectivity index (χ2v) is 7.62. The number of aryl methyl sites for hydroxylation is 1. The van der Waals surface area contributed by atoms with Gasteiger partial charge in [-0.05, 0) is 51.3 Å². The van der Waals surface area contributed by atoms with E-state index in [9.17, 15) is 4.79 Å². The molecule has 0 radical (unpaired) electrons. The van der Waals surface area contributed by atoms with Gasteiger partial charge in [0.2, 0.25) is 5.91 Å². The molecule has 0 saturated carbocycles. The van der Waals surface area contributed by atoms with Crippen LogP contribution in [-0.2, 0) is 16.1 Å². The minimum atomic E-state index is -0.162. The van der Waals surface area contributed by atoms with Gasteiger partial charge in [-0.25, -0.2) is 0 Å². The van der Waals surface area contributed by atoms with Crippen LogP contribution in [-0.4, -0.2) is 59.6 Å². The minimum absolute atomic E-state index is 0.162. The summed E-state index contributed by atoms with van der Waals surface area (Å²) in [5, 5.41) is 0. The second kappa shape index (κ2) is 6.45. The molecule has 0 N–H and O–H groups in total. The third-order valence-electron chi connectivity index (χ3n) is 5.93. The van der Waals surface area contributed by atoms with Crippen molar-refractivity contribution in [3.8, 4) is 0 Å². The van der Waals surface area contributed by atoms with Gasteiger partial charge in [-0.2, -0.15) is 0 Å². The topological polar surface area (TPSA) is 45.7 Å². The maximum atomic E-state index is 13.2. The number of piperidine rings is 1. The summed E-state index contributed by atoms with van der Waals surface area (Å²) < 4.78 is 5.55. The van der Waals surface area contributed by atoms with Gasteiger partial charge in [-0.15, -0.1) is 0 Å². The molecular weight excluding hydrogens is 302 g/mol. The normalized spacial score (nSPS) is 31.3. The largest absolute Gasteiger partial charge is 0.380 e. The van der Waals surface area contributed by atoms with E-state index in [1.165, 1.54) is 0 Å². The van der Waals surface area contributed by atoms with Gasteiger partial charge in [0.1, 0.15) is 0 Å². The first-order valence-electron chi connectivity index (χ1n) is 9.20. The Hall–Kier alpha value is -1.46. The Morgan fingerprint density at radius 1 is 1.33 bits per heavy atom. The lowest BCUT2D eigenvalue weighted by molar-refractivity contribution is -0.139. The highest BCUT2D eigenvalue weighted by Gasteiger charge is 2.49. The van der Waals surface area contributed by atoms with Crippen molar-refractivity contribution in [3.05, 3.63) is 29.6 Å². The van der Waals surface area contributed by atoms with Gasteiger partial charge in [-0.1, -0.05) is 6.07 Å². The van der Waals surface area contributed by atoms with E-state index in [1.54, 1.807) is 0 Å². The first-order chi connectivity index (χ1) is 11.7. The van der Waals surface area contributed by atoms with E-state index in [-0.39, 0.29) is 5.41 Å². The number of aromatic nitrogens is 1. The molecule has 3 aliphatic heterocycles. The molecule has 2 atom stereocenters. The SMILES string of the molecule is Cc1cccc(CN2CC[C@@]3(CCCN([C@H]4CCOC4)C3)C2=O)n1. The van der Waals surface area contributed by atoms with E-state index in [0.29, 0.717) is 18.5 Å². The smallest absolute Gasteiger partial charge is 0.230 e. The van der Waals surface area contributed by atoms with E-state index in [4.69, 9.17) is 4.74 Å². The van der Waals surface area contributed by atoms with E-state index in [0.717, 1.165) is 69.9 Å². The Morgan fingerprint density at radius 3 is 3.04 bits per heavy atom. The maximum absolute atomic E-state index is 13.2. The first kappa shape index (κ1) is 16.0. The van der Waals surface area contributed by atoms with Gasteiger partial charge in [0, 0.05) is 31.4 Å². The molecule has 24 heavy (non-hydrogen) atoms. The van der Waals surface area contributed by atoms with Crippen molar-refractivity contribution in [3.63, 3.8) is 0 Å². The maximum Gasteiger partial charge on any atom is 0.230 e. The monoisotopic (exact) mass is 329 g/mol. The number of hydrogen-bond donors (Lipinski definition) is 0. The number of likely N-dealkylation sites (tertiary alicyclic amines) is 2. The molecule has 0 unspecified atom stereocenters. The second-order valence-electron chi connectivity index (χ2n) is 7.62. The van der Waals surface area contributed by atoms with Crippen molar-refractivity contribution < 1.29 is 9.53 Å². The summed E-state index contributed by atoms with van der Waals surface area (Å²) in [5.74, 6) is 0.342. The fourth-order valence-electron chi connectivity index (χ4n) is 4.59. The molecule has 5 nitrogen and oxygen atoms in total. The highest BCUT2D eigenvalue weighted by molar-refractivity contribution is 5.85. The third kappa shape index (κ3) is 2.95. The van der Waals surface area contributed by atoms with Crippen LogP contribution in [0.2, 0.25) is 0 Å². The summed E-state index contributed by atoms with van der Waals surface area (Å²) in [6.45, 7) is 7.24. The van der Waals surface area contributed by atoms with E-state index in [2.05, 4.69) is 9.88 Å². The van der Waals surface area contributed by atoms with Crippen LogP contribution in [0.1, 0.15) is 37.1 Å². The fraction of sp³-hybridized carbons (Fsp3) is 0.684. The van der Waals surface area contributed by atoms with Crippen molar-refractivity contribution in [2.45, 2.75) is 45.2 Å². The molecule has 0 aliphatic carbocycles. The van der Waals surface area contributed by atoms with E-state index in [1.807, 2.05) is 30.0 Å². The standard InChI is InChI=1S/C19H27N3O2/c1-15-4-2-5-16(20-15)12-21-10-8-19(18(21)23)7-3-9-22(14-19)17-6-11-24-13-17/h2,4-5,17H,3,6-14H2,1H3/t17-,19+/m0/s1. The summed E-state index contributed by atoms with van der Waals surface area (Å²) in [6.07, 6.45) is 4.26. The third-order valence-corrected chi connectivity index (χ3v) is 5.93. The molecule has 0 bridgehead atoms. The molecule has 4 heterocycles. The zero-order chi connectivity index (χ0) is 16.6. The number of pyridine rings is 1. The molecule has 1 spiro atoms. The minimum Gasteiger partial charge on any atom is -0.380 e. The van der Waals surface area contributed by atoms with Crippen molar-refractivity contribution >= 4 is 5.91 Å². The summed E-state index contributed by atoms with van der Waals surface area (Å²) in [4.78, 5) is 22.3. The van der Waals surface area contributed by atoms with Crippen LogP contribution in [0.15, 0.2) is 18.2 Å². The van der Waals surface area contributed by atoms with E-state index >= 15 is 0 Å². The molecule has 5 heteroatoms. The van der Waals surface area contributed by atoms with E-state index < -0.39 is 0 Å². The van der Waals surface area contributed by atoms with Crippen molar-refractivity contribution in [2.75, 3.05) is 32.8 Å². The summed E-state index contributed by atoms with van der Waals surface area (Å²) in [7, 11) is 0. The number of nitrogens with zero attached hydrogens (tertiary/aromatic N) is 3. The average Bonchev–Trinajstić information content (AvgIpc) is 3.21. The zero-order valence-electron chi connectivity index (χ0n) is 14.5. The molecule has 1 amide bonds. The van der Waals surface area contributed by atoms with Gasteiger partial charge in [-0.3, -0.25) is 14.7 Å². The number of ether oxygens (including phenoxy) is 1. The molecule has 1 aromatic heterocycles. The Morgan fingerprint density at radius 2 is 2.25 bits per heavy atom. The molecule has 3 fully saturated rings. The van der Waals surface area contributed by atoms with Crippen LogP contribution in [0.3, 0.4) is 0 Å². The zero-order valence-corrected chi connectivity index (χ0v) is 14.5.